The molecule has 0 saturated carbocycles. The Bertz CT molecular complexity index is 1790. The highest BCUT2D eigenvalue weighted by Crippen LogP contribution is 2.40. The van der Waals surface area contributed by atoms with E-state index < -0.39 is 9.85 Å². The molecule has 6 rings (SSSR count). The second-order valence-electron chi connectivity index (χ2n) is 10.6. The van der Waals surface area contributed by atoms with Crippen molar-refractivity contribution in [1.82, 2.24) is 0 Å². The predicted octanol–water partition coefficient (Wildman–Crippen LogP) is 8.33. The van der Waals surface area contributed by atoms with Gasteiger partial charge in [-0.15, -0.1) is 0 Å². The second kappa shape index (κ2) is 11.2. The molecule has 3 heterocycles. The summed E-state index contributed by atoms with van der Waals surface area (Å²) >= 11 is 1.56. The SMILES string of the molecule is CCCCCCN1C=CC(=C/C=C2\CCC[n+]3c2sc2c4cc([N+](=O)[O-])cc([N+](=O)[O-])c4ccc23)c2ccccc21. The zero-order valence-corrected chi connectivity index (χ0v) is 23.7. The molecule has 0 saturated heterocycles. The van der Waals surface area contributed by atoms with Crippen LogP contribution in [0.15, 0.2) is 73.0 Å². The molecule has 208 valence electrons. The average molecular weight is 568 g/mol. The number of nitro benzene ring substituents is 2. The van der Waals surface area contributed by atoms with E-state index in [0.717, 1.165) is 52.8 Å². The fourth-order valence-electron chi connectivity index (χ4n) is 5.90. The quantitative estimate of drug-likeness (QED) is 0.0923. The van der Waals surface area contributed by atoms with E-state index in [-0.39, 0.29) is 11.4 Å². The van der Waals surface area contributed by atoms with Gasteiger partial charge < -0.3 is 4.90 Å². The third-order valence-electron chi connectivity index (χ3n) is 7.95. The fraction of sp³-hybridized carbons (Fsp3) is 0.281. The van der Waals surface area contributed by atoms with Crippen molar-refractivity contribution in [1.29, 1.82) is 0 Å². The highest BCUT2D eigenvalue weighted by molar-refractivity contribution is 7.20. The van der Waals surface area contributed by atoms with Crippen LogP contribution in [0, 0.1) is 20.2 Å². The van der Waals surface area contributed by atoms with E-state index in [1.165, 1.54) is 48.6 Å². The van der Waals surface area contributed by atoms with Gasteiger partial charge >= 0.3 is 0 Å². The average Bonchev–Trinajstić information content (AvgIpc) is 3.38. The standard InChI is InChI=1S/C32H31N4O4S/c1-2-3-4-7-17-33-19-16-22(25-10-5-6-11-28(25)33)12-13-23-9-8-18-34-29-15-14-26-27(31(29)41-32(23)34)20-24(35(37)38)21-30(26)36(39)40/h5-6,10-16,19-21H,2-4,7-9,17-18H2,1H3/q+1. The van der Waals surface area contributed by atoms with Crippen LogP contribution in [-0.2, 0) is 6.54 Å². The van der Waals surface area contributed by atoms with Gasteiger partial charge in [0.2, 0.25) is 5.52 Å². The van der Waals surface area contributed by atoms with Gasteiger partial charge in [0.15, 0.2) is 6.54 Å². The molecule has 0 aliphatic carbocycles. The summed E-state index contributed by atoms with van der Waals surface area (Å²) in [6.45, 7) is 4.07. The molecule has 8 nitrogen and oxygen atoms in total. The van der Waals surface area contributed by atoms with Crippen LogP contribution in [0.4, 0.5) is 17.1 Å². The molecule has 0 spiro atoms. The second-order valence-corrected chi connectivity index (χ2v) is 11.6. The van der Waals surface area contributed by atoms with Crippen molar-refractivity contribution in [2.45, 2.75) is 52.0 Å². The first-order chi connectivity index (χ1) is 20.0. The number of thiazole rings is 1. The number of hydrogen-bond donors (Lipinski definition) is 0. The molecule has 0 amide bonds. The van der Waals surface area contributed by atoms with Gasteiger partial charge in [-0.3, -0.25) is 20.2 Å². The number of anilines is 1. The number of rotatable bonds is 8. The largest absolute Gasteiger partial charge is 0.347 e. The molecule has 0 unspecified atom stereocenters. The lowest BCUT2D eigenvalue weighted by Crippen LogP contribution is -2.38. The summed E-state index contributed by atoms with van der Waals surface area (Å²) in [6.07, 6.45) is 15.5. The Morgan fingerprint density at radius 1 is 1.00 bits per heavy atom. The van der Waals surface area contributed by atoms with Gasteiger partial charge in [-0.05, 0) is 36.6 Å². The molecule has 2 aliphatic heterocycles. The Labute approximate surface area is 241 Å². The third-order valence-corrected chi connectivity index (χ3v) is 9.26. The van der Waals surface area contributed by atoms with E-state index in [4.69, 9.17) is 0 Å². The third kappa shape index (κ3) is 5.02. The summed E-state index contributed by atoms with van der Waals surface area (Å²) < 4.78 is 3.09. The highest BCUT2D eigenvalue weighted by atomic mass is 32.1. The molecule has 4 aromatic rings. The minimum atomic E-state index is -0.564. The van der Waals surface area contributed by atoms with Crippen molar-refractivity contribution in [3.8, 4) is 0 Å². The molecule has 0 fully saturated rings. The van der Waals surface area contributed by atoms with Gasteiger partial charge in [-0.25, -0.2) is 0 Å². The van der Waals surface area contributed by atoms with Crippen molar-refractivity contribution < 1.29 is 14.4 Å². The molecular formula is C32H31N4O4S+. The number of nitrogens with zero attached hydrogens (tertiary/aromatic N) is 4. The maximum Gasteiger partial charge on any atom is 0.284 e. The zero-order chi connectivity index (χ0) is 28.5. The number of unbranched alkanes of at least 4 members (excludes halogenated alkanes) is 3. The minimum Gasteiger partial charge on any atom is -0.347 e. The zero-order valence-electron chi connectivity index (χ0n) is 22.9. The van der Waals surface area contributed by atoms with Crippen LogP contribution in [0.1, 0.15) is 56.0 Å². The number of aromatic nitrogens is 1. The topological polar surface area (TPSA) is 93.4 Å². The summed E-state index contributed by atoms with van der Waals surface area (Å²) in [5, 5.41) is 25.4. The molecule has 41 heavy (non-hydrogen) atoms. The molecule has 2 aliphatic rings. The predicted molar refractivity (Wildman–Crippen MR) is 165 cm³/mol. The Kier molecular flexibility index (Phi) is 7.36. The fourth-order valence-corrected chi connectivity index (χ4v) is 7.25. The molecule has 0 bridgehead atoms. The van der Waals surface area contributed by atoms with E-state index >= 15 is 0 Å². The van der Waals surface area contributed by atoms with Crippen molar-refractivity contribution in [3.63, 3.8) is 0 Å². The molecule has 1 aromatic heterocycles. The van der Waals surface area contributed by atoms with Crippen LogP contribution in [0.2, 0.25) is 0 Å². The van der Waals surface area contributed by atoms with Gasteiger partial charge in [0, 0.05) is 53.5 Å². The Balaban J connectivity index is 1.40. The number of para-hydroxylation sites is 1. The summed E-state index contributed by atoms with van der Waals surface area (Å²) in [5.74, 6) is 0. The van der Waals surface area contributed by atoms with Gasteiger partial charge in [-0.2, -0.15) is 4.57 Å². The molecule has 3 aromatic carbocycles. The summed E-state index contributed by atoms with van der Waals surface area (Å²) in [5.41, 5.74) is 5.25. The van der Waals surface area contributed by atoms with Crippen LogP contribution in [-0.4, -0.2) is 16.4 Å². The lowest BCUT2D eigenvalue weighted by Gasteiger charge is -2.27. The number of nitro groups is 2. The van der Waals surface area contributed by atoms with E-state index in [9.17, 15) is 20.2 Å². The Morgan fingerprint density at radius 2 is 1.85 bits per heavy atom. The van der Waals surface area contributed by atoms with Crippen molar-refractivity contribution in [3.05, 3.63) is 104 Å². The van der Waals surface area contributed by atoms with Crippen LogP contribution < -0.4 is 9.47 Å². The maximum atomic E-state index is 11.8. The first-order valence-electron chi connectivity index (χ1n) is 14.1. The summed E-state index contributed by atoms with van der Waals surface area (Å²) in [7, 11) is 0. The van der Waals surface area contributed by atoms with E-state index in [1.807, 2.05) is 6.07 Å². The van der Waals surface area contributed by atoms with Crippen molar-refractivity contribution in [2.75, 3.05) is 11.4 Å². The smallest absolute Gasteiger partial charge is 0.284 e. The van der Waals surface area contributed by atoms with Gasteiger partial charge in [0.05, 0.1) is 21.3 Å². The monoisotopic (exact) mass is 567 g/mol. The Morgan fingerprint density at radius 3 is 2.66 bits per heavy atom. The number of hydrogen-bond acceptors (Lipinski definition) is 6. The van der Waals surface area contributed by atoms with Gasteiger partial charge in [0.25, 0.3) is 16.4 Å². The van der Waals surface area contributed by atoms with Gasteiger partial charge in [-0.1, -0.05) is 67.9 Å². The Hall–Kier alpha value is -4.37. The van der Waals surface area contributed by atoms with Crippen molar-refractivity contribution in [2.24, 2.45) is 0 Å². The normalized spacial score (nSPS) is 16.5. The van der Waals surface area contributed by atoms with Crippen LogP contribution in [0.3, 0.4) is 0 Å². The number of fused-ring (bicyclic) bond motifs is 6. The summed E-state index contributed by atoms with van der Waals surface area (Å²) in [6, 6.07) is 14.7. The van der Waals surface area contributed by atoms with Crippen LogP contribution >= 0.6 is 11.3 Å². The van der Waals surface area contributed by atoms with Crippen LogP contribution in [0.25, 0.3) is 32.1 Å². The highest BCUT2D eigenvalue weighted by Gasteiger charge is 2.30. The van der Waals surface area contributed by atoms with Gasteiger partial charge in [0.1, 0.15) is 4.70 Å². The van der Waals surface area contributed by atoms with E-state index in [1.54, 1.807) is 17.4 Å². The lowest BCUT2D eigenvalue weighted by molar-refractivity contribution is -0.672. The molecular weight excluding hydrogens is 536 g/mol. The van der Waals surface area contributed by atoms with E-state index in [2.05, 4.69) is 65.1 Å². The van der Waals surface area contributed by atoms with Crippen molar-refractivity contribution >= 4 is 60.5 Å². The van der Waals surface area contributed by atoms with E-state index in [0.29, 0.717) is 10.8 Å². The number of benzene rings is 3. The molecule has 0 radical (unpaired) electrons. The first-order valence-corrected chi connectivity index (χ1v) is 14.9. The summed E-state index contributed by atoms with van der Waals surface area (Å²) in [4.78, 5) is 24.6. The molecule has 9 heteroatoms. The minimum absolute atomic E-state index is 0.241. The van der Waals surface area contributed by atoms with Crippen LogP contribution in [0.5, 0.6) is 0 Å². The number of allylic oxidation sites excluding steroid dienone is 5. The number of non-ortho nitro benzene ring substituents is 2. The first kappa shape index (κ1) is 26.8. The lowest BCUT2D eigenvalue weighted by atomic mass is 9.98. The maximum absolute atomic E-state index is 11.8. The molecule has 0 N–H and O–H groups in total. The molecule has 0 atom stereocenters. The number of aryl methyl sites for hydroxylation is 1.